The lowest BCUT2D eigenvalue weighted by Crippen LogP contribution is -2.40. The van der Waals surface area contributed by atoms with Gasteiger partial charge >= 0.3 is 11.8 Å². The first-order chi connectivity index (χ1) is 14.3. The number of carbonyl (C=O) groups excluding carboxylic acids is 2. The highest BCUT2D eigenvalue weighted by molar-refractivity contribution is 6.39. The molecule has 0 aliphatic carbocycles. The molecule has 3 rings (SSSR count). The third-order valence-electron chi connectivity index (χ3n) is 5.84. The van der Waals surface area contributed by atoms with Gasteiger partial charge in [0.25, 0.3) is 0 Å². The fourth-order valence-electron chi connectivity index (χ4n) is 4.06. The van der Waals surface area contributed by atoms with Crippen LogP contribution in [0.2, 0.25) is 0 Å². The predicted molar refractivity (Wildman–Crippen MR) is 122 cm³/mol. The summed E-state index contributed by atoms with van der Waals surface area (Å²) in [4.78, 5) is 29.2. The minimum atomic E-state index is -0.642. The van der Waals surface area contributed by atoms with E-state index in [9.17, 15) is 9.59 Å². The Bertz CT molecular complexity index is 919. The van der Waals surface area contributed by atoms with Crippen LogP contribution in [0.3, 0.4) is 0 Å². The quantitative estimate of drug-likeness (QED) is 0.747. The Morgan fingerprint density at radius 3 is 2.47 bits per heavy atom. The van der Waals surface area contributed by atoms with Crippen LogP contribution in [0, 0.1) is 13.8 Å². The van der Waals surface area contributed by atoms with Gasteiger partial charge in [-0.1, -0.05) is 30.3 Å². The number of benzene rings is 2. The number of para-hydroxylation sites is 1. The van der Waals surface area contributed by atoms with E-state index in [0.717, 1.165) is 36.1 Å². The number of nitrogens with one attached hydrogen (secondary N) is 2. The van der Waals surface area contributed by atoms with Gasteiger partial charge in [-0.25, -0.2) is 0 Å². The number of nitrogens with zero attached hydrogens (tertiary/aromatic N) is 2. The number of amides is 2. The fourth-order valence-corrected chi connectivity index (χ4v) is 4.06. The van der Waals surface area contributed by atoms with E-state index in [-0.39, 0.29) is 6.04 Å². The van der Waals surface area contributed by atoms with Crippen molar-refractivity contribution in [3.8, 4) is 0 Å². The van der Waals surface area contributed by atoms with Crippen molar-refractivity contribution in [2.24, 2.45) is 0 Å². The van der Waals surface area contributed by atoms with Gasteiger partial charge in [-0.05, 0) is 69.1 Å². The summed E-state index contributed by atoms with van der Waals surface area (Å²) >= 11 is 0. The Kier molecular flexibility index (Phi) is 6.77. The van der Waals surface area contributed by atoms with Crippen LogP contribution in [-0.2, 0) is 16.0 Å². The molecule has 0 radical (unpaired) electrons. The Balaban J connectivity index is 1.67. The average molecular weight is 409 g/mol. The summed E-state index contributed by atoms with van der Waals surface area (Å²) in [6, 6.07) is 12.3. The van der Waals surface area contributed by atoms with E-state index in [2.05, 4.69) is 45.7 Å². The molecule has 6 nitrogen and oxygen atoms in total. The molecule has 0 saturated heterocycles. The van der Waals surface area contributed by atoms with Gasteiger partial charge < -0.3 is 20.4 Å². The van der Waals surface area contributed by atoms with Crippen LogP contribution in [0.1, 0.15) is 34.7 Å². The number of aryl methyl sites for hydroxylation is 3. The van der Waals surface area contributed by atoms with Gasteiger partial charge in [0.05, 0.1) is 6.04 Å². The van der Waals surface area contributed by atoms with Crippen LogP contribution >= 0.6 is 0 Å². The molecule has 160 valence electrons. The molecule has 2 aromatic carbocycles. The molecule has 0 aromatic heterocycles. The monoisotopic (exact) mass is 408 g/mol. The minimum absolute atomic E-state index is 0.0144. The third-order valence-corrected chi connectivity index (χ3v) is 5.84. The zero-order valence-electron chi connectivity index (χ0n) is 18.6. The van der Waals surface area contributed by atoms with E-state index in [4.69, 9.17) is 0 Å². The smallest absolute Gasteiger partial charge is 0.313 e. The van der Waals surface area contributed by atoms with Crippen LogP contribution in [0.4, 0.5) is 11.4 Å². The van der Waals surface area contributed by atoms with Crippen molar-refractivity contribution >= 4 is 23.2 Å². The molecule has 2 N–H and O–H groups in total. The topological polar surface area (TPSA) is 64.7 Å². The average Bonchev–Trinajstić information content (AvgIpc) is 2.70. The van der Waals surface area contributed by atoms with Gasteiger partial charge in [-0.3, -0.25) is 9.59 Å². The number of hydrogen-bond donors (Lipinski definition) is 2. The lowest BCUT2D eigenvalue weighted by Gasteiger charge is -2.30. The Labute approximate surface area is 179 Å². The standard InChI is InChI=1S/C24H32N4O2/c1-16-8-6-9-17(2)22(16)26-24(30)23(29)25-15-21(27(3)4)19-11-12-20-18(14-19)10-7-13-28(20)5/h6,8-9,11-12,14,21H,7,10,13,15H2,1-5H3,(H,25,29)(H,26,30). The first kappa shape index (κ1) is 21.8. The SMILES string of the molecule is Cc1cccc(C)c1NC(=O)C(=O)NCC(c1ccc2c(c1)CCCN2C)N(C)C. The molecule has 30 heavy (non-hydrogen) atoms. The van der Waals surface area contributed by atoms with E-state index >= 15 is 0 Å². The molecular formula is C24H32N4O2. The molecular weight excluding hydrogens is 376 g/mol. The molecule has 1 aliphatic heterocycles. The van der Waals surface area contributed by atoms with Gasteiger partial charge in [0, 0.05) is 31.5 Å². The first-order valence-corrected chi connectivity index (χ1v) is 10.4. The molecule has 1 aliphatic rings. The zero-order valence-corrected chi connectivity index (χ0v) is 18.6. The lowest BCUT2D eigenvalue weighted by atomic mass is 9.96. The van der Waals surface area contributed by atoms with Gasteiger partial charge in [0.1, 0.15) is 0 Å². The highest BCUT2D eigenvalue weighted by Gasteiger charge is 2.22. The molecule has 1 atom stereocenters. The van der Waals surface area contributed by atoms with Crippen LogP contribution in [0.15, 0.2) is 36.4 Å². The number of likely N-dealkylation sites (N-methyl/N-ethyl adjacent to an activating group) is 1. The molecule has 0 bridgehead atoms. The maximum absolute atomic E-state index is 12.5. The van der Waals surface area contributed by atoms with E-state index in [0.29, 0.717) is 12.2 Å². The summed E-state index contributed by atoms with van der Waals surface area (Å²) in [7, 11) is 6.09. The number of fused-ring (bicyclic) bond motifs is 1. The molecule has 0 spiro atoms. The third kappa shape index (κ3) is 4.82. The Morgan fingerprint density at radius 1 is 1.10 bits per heavy atom. The number of hydrogen-bond acceptors (Lipinski definition) is 4. The van der Waals surface area contributed by atoms with E-state index in [1.807, 2.05) is 46.1 Å². The summed E-state index contributed by atoms with van der Waals surface area (Å²) < 4.78 is 0. The first-order valence-electron chi connectivity index (χ1n) is 10.4. The second-order valence-corrected chi connectivity index (χ2v) is 8.32. The second kappa shape index (κ2) is 9.30. The maximum Gasteiger partial charge on any atom is 0.313 e. The van der Waals surface area contributed by atoms with Crippen LogP contribution in [0.25, 0.3) is 0 Å². The lowest BCUT2D eigenvalue weighted by molar-refractivity contribution is -0.136. The number of rotatable bonds is 5. The van der Waals surface area contributed by atoms with Gasteiger partial charge in [-0.15, -0.1) is 0 Å². The van der Waals surface area contributed by atoms with Gasteiger partial charge in [0.2, 0.25) is 0 Å². The maximum atomic E-state index is 12.5. The zero-order chi connectivity index (χ0) is 21.8. The van der Waals surface area contributed by atoms with Crippen LogP contribution in [-0.4, -0.2) is 50.9 Å². The van der Waals surface area contributed by atoms with E-state index < -0.39 is 11.8 Å². The van der Waals surface area contributed by atoms with Gasteiger partial charge in [0.15, 0.2) is 0 Å². The van der Waals surface area contributed by atoms with E-state index in [1.165, 1.54) is 11.3 Å². The normalized spacial score (nSPS) is 14.3. The molecule has 0 saturated carbocycles. The summed E-state index contributed by atoms with van der Waals surface area (Å²) in [5, 5.41) is 5.55. The number of carbonyl (C=O) groups is 2. The van der Waals surface area contributed by atoms with E-state index in [1.54, 1.807) is 0 Å². The molecule has 2 aromatic rings. The van der Waals surface area contributed by atoms with Gasteiger partial charge in [-0.2, -0.15) is 0 Å². The highest BCUT2D eigenvalue weighted by Crippen LogP contribution is 2.30. The summed E-state index contributed by atoms with van der Waals surface area (Å²) in [6.07, 6.45) is 2.22. The molecule has 0 fully saturated rings. The molecule has 6 heteroatoms. The summed E-state index contributed by atoms with van der Waals surface area (Å²) in [6.45, 7) is 5.27. The van der Waals surface area contributed by atoms with Crippen LogP contribution < -0.4 is 15.5 Å². The van der Waals surface area contributed by atoms with Crippen molar-refractivity contribution in [2.45, 2.75) is 32.7 Å². The second-order valence-electron chi connectivity index (χ2n) is 8.32. The Hall–Kier alpha value is -2.86. The summed E-state index contributed by atoms with van der Waals surface area (Å²) in [5.74, 6) is -1.26. The van der Waals surface area contributed by atoms with Crippen molar-refractivity contribution in [1.29, 1.82) is 0 Å². The van der Waals surface area contributed by atoms with Crippen molar-refractivity contribution in [3.63, 3.8) is 0 Å². The highest BCUT2D eigenvalue weighted by atomic mass is 16.2. The largest absolute Gasteiger partial charge is 0.374 e. The molecule has 1 heterocycles. The fraction of sp³-hybridized carbons (Fsp3) is 0.417. The molecule has 2 amide bonds. The van der Waals surface area contributed by atoms with Crippen molar-refractivity contribution in [3.05, 3.63) is 58.7 Å². The Morgan fingerprint density at radius 2 is 1.80 bits per heavy atom. The molecule has 1 unspecified atom stereocenters. The minimum Gasteiger partial charge on any atom is -0.374 e. The van der Waals surface area contributed by atoms with Crippen molar-refractivity contribution in [2.75, 3.05) is 44.4 Å². The predicted octanol–water partition coefficient (Wildman–Crippen LogP) is 3.04. The van der Waals surface area contributed by atoms with Crippen LogP contribution in [0.5, 0.6) is 0 Å². The number of anilines is 2. The van der Waals surface area contributed by atoms with Crippen molar-refractivity contribution in [1.82, 2.24) is 10.2 Å². The van der Waals surface area contributed by atoms with Crippen molar-refractivity contribution < 1.29 is 9.59 Å². The summed E-state index contributed by atoms with van der Waals surface area (Å²) in [5.41, 5.74) is 6.32.